The average molecular weight is 518 g/mol. The largest absolute Gasteiger partial charge is 0.497 e. The smallest absolute Gasteiger partial charge is 0.188 e. The SMILES string of the molecule is CCOc1cc(OC(C)C)c(F)c(N(Cc2ncc(-c3ccc(OC)cc3)[nH]2)c2ccc(C(=N)N)cc2)c1. The van der Waals surface area contributed by atoms with Gasteiger partial charge in [0, 0.05) is 23.4 Å². The number of halogens is 1. The normalized spacial score (nSPS) is 10.9. The first-order valence-electron chi connectivity index (χ1n) is 12.3. The van der Waals surface area contributed by atoms with Crippen molar-refractivity contribution in [1.82, 2.24) is 9.97 Å². The Kier molecular flexibility index (Phi) is 8.15. The van der Waals surface area contributed by atoms with Crippen LogP contribution in [0, 0.1) is 11.2 Å². The topological polar surface area (TPSA) is 109 Å². The number of nitrogens with one attached hydrogen (secondary N) is 2. The fourth-order valence-electron chi connectivity index (χ4n) is 3.99. The average Bonchev–Trinajstić information content (AvgIpc) is 3.38. The third-order valence-electron chi connectivity index (χ3n) is 5.79. The number of methoxy groups -OCH3 is 1. The molecule has 38 heavy (non-hydrogen) atoms. The summed E-state index contributed by atoms with van der Waals surface area (Å²) < 4.78 is 32.7. The Bertz CT molecular complexity index is 1380. The Morgan fingerprint density at radius 3 is 2.39 bits per heavy atom. The minimum atomic E-state index is -0.514. The van der Waals surface area contributed by atoms with E-state index < -0.39 is 5.82 Å². The zero-order valence-electron chi connectivity index (χ0n) is 21.9. The number of amidine groups is 1. The molecular formula is C29H32FN5O3. The minimum Gasteiger partial charge on any atom is -0.497 e. The number of benzene rings is 3. The van der Waals surface area contributed by atoms with Gasteiger partial charge < -0.3 is 29.8 Å². The van der Waals surface area contributed by atoms with Crippen LogP contribution in [0.15, 0.2) is 66.9 Å². The Hall–Kier alpha value is -4.53. The highest BCUT2D eigenvalue weighted by atomic mass is 19.1. The number of hydrogen-bond donors (Lipinski definition) is 3. The molecule has 1 aromatic heterocycles. The van der Waals surface area contributed by atoms with Crippen molar-refractivity contribution < 1.29 is 18.6 Å². The maximum Gasteiger partial charge on any atom is 0.188 e. The second-order valence-corrected chi connectivity index (χ2v) is 8.87. The molecule has 0 saturated heterocycles. The fourth-order valence-corrected chi connectivity index (χ4v) is 3.99. The van der Waals surface area contributed by atoms with Gasteiger partial charge in [-0.15, -0.1) is 0 Å². The zero-order valence-corrected chi connectivity index (χ0v) is 21.9. The predicted molar refractivity (Wildman–Crippen MR) is 147 cm³/mol. The molecule has 0 saturated carbocycles. The lowest BCUT2D eigenvalue weighted by Crippen LogP contribution is -2.20. The third kappa shape index (κ3) is 6.05. The lowest BCUT2D eigenvalue weighted by Gasteiger charge is -2.26. The highest BCUT2D eigenvalue weighted by molar-refractivity contribution is 5.95. The number of imidazole rings is 1. The summed E-state index contributed by atoms with van der Waals surface area (Å²) in [5.41, 5.74) is 8.93. The van der Waals surface area contributed by atoms with Gasteiger partial charge in [-0.1, -0.05) is 0 Å². The van der Waals surface area contributed by atoms with E-state index in [-0.39, 0.29) is 29.9 Å². The predicted octanol–water partition coefficient (Wildman–Crippen LogP) is 6.03. The summed E-state index contributed by atoms with van der Waals surface area (Å²) in [5, 5.41) is 7.72. The van der Waals surface area contributed by atoms with Gasteiger partial charge in [0.05, 0.1) is 43.9 Å². The Morgan fingerprint density at radius 1 is 1.08 bits per heavy atom. The molecule has 0 bridgehead atoms. The highest BCUT2D eigenvalue weighted by Gasteiger charge is 2.22. The maximum absolute atomic E-state index is 15.9. The molecule has 0 aliphatic rings. The molecule has 0 aliphatic heterocycles. The van der Waals surface area contributed by atoms with Crippen LogP contribution in [0.25, 0.3) is 11.3 Å². The number of anilines is 2. The second-order valence-electron chi connectivity index (χ2n) is 8.87. The summed E-state index contributed by atoms with van der Waals surface area (Å²) in [5.74, 6) is 1.42. The summed E-state index contributed by atoms with van der Waals surface area (Å²) in [6.45, 7) is 6.20. The van der Waals surface area contributed by atoms with Gasteiger partial charge in [-0.3, -0.25) is 5.41 Å². The van der Waals surface area contributed by atoms with Crippen LogP contribution >= 0.6 is 0 Å². The van der Waals surface area contributed by atoms with Gasteiger partial charge in [0.2, 0.25) is 0 Å². The summed E-state index contributed by atoms with van der Waals surface area (Å²) in [4.78, 5) is 9.69. The van der Waals surface area contributed by atoms with E-state index in [9.17, 15) is 0 Å². The molecule has 9 heteroatoms. The van der Waals surface area contributed by atoms with E-state index in [0.717, 1.165) is 17.0 Å². The van der Waals surface area contributed by atoms with Crippen molar-refractivity contribution in [2.75, 3.05) is 18.6 Å². The number of rotatable bonds is 11. The number of aromatic amines is 1. The number of aromatic nitrogens is 2. The van der Waals surface area contributed by atoms with Crippen molar-refractivity contribution in [3.63, 3.8) is 0 Å². The van der Waals surface area contributed by atoms with E-state index in [1.807, 2.05) is 45.0 Å². The summed E-state index contributed by atoms with van der Waals surface area (Å²) in [6, 6.07) is 17.9. The van der Waals surface area contributed by atoms with Crippen LogP contribution in [0.3, 0.4) is 0 Å². The molecule has 0 fully saturated rings. The van der Waals surface area contributed by atoms with E-state index >= 15 is 4.39 Å². The molecule has 0 aliphatic carbocycles. The van der Waals surface area contributed by atoms with Crippen LogP contribution in [-0.4, -0.2) is 35.6 Å². The molecule has 198 valence electrons. The van der Waals surface area contributed by atoms with E-state index in [0.29, 0.717) is 29.4 Å². The summed E-state index contributed by atoms with van der Waals surface area (Å²) in [6.07, 6.45) is 1.52. The molecule has 4 aromatic rings. The van der Waals surface area contributed by atoms with Gasteiger partial charge in [-0.05, 0) is 74.9 Å². The van der Waals surface area contributed by atoms with Crippen molar-refractivity contribution in [2.24, 2.45) is 5.73 Å². The molecule has 0 amide bonds. The molecule has 0 spiro atoms. The number of nitrogen functional groups attached to an aromatic ring is 1. The van der Waals surface area contributed by atoms with Crippen molar-refractivity contribution in [3.05, 3.63) is 84.1 Å². The number of ether oxygens (including phenoxy) is 3. The van der Waals surface area contributed by atoms with E-state index in [1.165, 1.54) is 0 Å². The van der Waals surface area contributed by atoms with Crippen LogP contribution in [0.5, 0.6) is 17.2 Å². The molecule has 4 N–H and O–H groups in total. The van der Waals surface area contributed by atoms with Crippen molar-refractivity contribution in [3.8, 4) is 28.5 Å². The van der Waals surface area contributed by atoms with E-state index in [2.05, 4.69) is 9.97 Å². The number of nitrogens with two attached hydrogens (primary N) is 1. The van der Waals surface area contributed by atoms with Gasteiger partial charge in [-0.2, -0.15) is 0 Å². The zero-order chi connectivity index (χ0) is 27.2. The van der Waals surface area contributed by atoms with Gasteiger partial charge >= 0.3 is 0 Å². The van der Waals surface area contributed by atoms with Crippen molar-refractivity contribution in [2.45, 2.75) is 33.4 Å². The standard InChI is InChI=1S/C29H32FN5O3/c1-5-37-23-14-25(28(30)26(15-23)38-18(2)3)35(21-10-6-20(7-11-21)29(31)32)17-27-33-16-24(34-27)19-8-12-22(36-4)13-9-19/h6-16,18H,5,17H2,1-4H3,(H3,31,32)(H,33,34). The van der Waals surface area contributed by atoms with E-state index in [4.69, 9.17) is 25.4 Å². The Labute approximate surface area is 221 Å². The molecule has 0 unspecified atom stereocenters. The van der Waals surface area contributed by atoms with Crippen LogP contribution < -0.4 is 24.8 Å². The Morgan fingerprint density at radius 2 is 1.79 bits per heavy atom. The van der Waals surface area contributed by atoms with Gasteiger partial charge in [0.15, 0.2) is 11.6 Å². The van der Waals surface area contributed by atoms with Crippen LogP contribution in [0.2, 0.25) is 0 Å². The number of hydrogen-bond acceptors (Lipinski definition) is 6. The second kappa shape index (κ2) is 11.7. The van der Waals surface area contributed by atoms with Gasteiger partial charge in [0.25, 0.3) is 0 Å². The molecule has 3 aromatic carbocycles. The number of nitrogens with zero attached hydrogens (tertiary/aromatic N) is 2. The molecule has 0 radical (unpaired) electrons. The fraction of sp³-hybridized carbons (Fsp3) is 0.241. The molecule has 0 atom stereocenters. The third-order valence-corrected chi connectivity index (χ3v) is 5.79. The van der Waals surface area contributed by atoms with Crippen molar-refractivity contribution in [1.29, 1.82) is 5.41 Å². The lowest BCUT2D eigenvalue weighted by atomic mass is 10.1. The van der Waals surface area contributed by atoms with Gasteiger partial charge in [-0.25, -0.2) is 9.37 Å². The van der Waals surface area contributed by atoms with E-state index in [1.54, 1.807) is 54.6 Å². The number of H-pyrrole nitrogens is 1. The highest BCUT2D eigenvalue weighted by Crippen LogP contribution is 2.38. The first-order chi connectivity index (χ1) is 18.3. The van der Waals surface area contributed by atoms with Crippen LogP contribution in [-0.2, 0) is 6.54 Å². The molecular weight excluding hydrogens is 485 g/mol. The first-order valence-corrected chi connectivity index (χ1v) is 12.3. The first kappa shape index (κ1) is 26.5. The quantitative estimate of drug-likeness (QED) is 0.165. The maximum atomic E-state index is 15.9. The molecule has 1 heterocycles. The summed E-state index contributed by atoms with van der Waals surface area (Å²) >= 11 is 0. The van der Waals surface area contributed by atoms with Crippen LogP contribution in [0.1, 0.15) is 32.2 Å². The summed E-state index contributed by atoms with van der Waals surface area (Å²) in [7, 11) is 1.62. The monoisotopic (exact) mass is 517 g/mol. The van der Waals surface area contributed by atoms with Gasteiger partial charge in [0.1, 0.15) is 23.2 Å². The van der Waals surface area contributed by atoms with Crippen LogP contribution in [0.4, 0.5) is 15.8 Å². The van der Waals surface area contributed by atoms with Crippen molar-refractivity contribution >= 4 is 17.2 Å². The molecule has 4 rings (SSSR count). The molecule has 8 nitrogen and oxygen atoms in total. The minimum absolute atomic E-state index is 0.0459. The Balaban J connectivity index is 1.77. The lowest BCUT2D eigenvalue weighted by molar-refractivity contribution is 0.229.